The van der Waals surface area contributed by atoms with Gasteiger partial charge < -0.3 is 5.32 Å². The highest BCUT2D eigenvalue weighted by Gasteiger charge is 2.26. The lowest BCUT2D eigenvalue weighted by Crippen LogP contribution is -2.19. The van der Waals surface area contributed by atoms with Crippen molar-refractivity contribution in [2.45, 2.75) is 17.0 Å². The molecule has 0 saturated heterocycles. The van der Waals surface area contributed by atoms with Gasteiger partial charge in [0, 0.05) is 40.2 Å². The number of nitrogens with zero attached hydrogens (tertiary/aromatic N) is 4. The third-order valence-corrected chi connectivity index (χ3v) is 6.33. The van der Waals surface area contributed by atoms with E-state index < -0.39 is 5.25 Å². The van der Waals surface area contributed by atoms with Crippen LogP contribution in [0.2, 0.25) is 10.0 Å². The molecule has 6 nitrogen and oxygen atoms in total. The van der Waals surface area contributed by atoms with E-state index in [-0.39, 0.29) is 5.91 Å². The van der Waals surface area contributed by atoms with Crippen molar-refractivity contribution in [1.29, 1.82) is 0 Å². The fourth-order valence-electron chi connectivity index (χ4n) is 3.22. The molecule has 2 aromatic heterocycles. The predicted molar refractivity (Wildman–Crippen MR) is 134 cm³/mol. The van der Waals surface area contributed by atoms with Gasteiger partial charge in [0.2, 0.25) is 5.91 Å². The molecule has 1 amide bonds. The molecule has 166 valence electrons. The zero-order valence-corrected chi connectivity index (χ0v) is 19.7. The van der Waals surface area contributed by atoms with Gasteiger partial charge in [-0.05, 0) is 35.9 Å². The second-order valence-corrected chi connectivity index (χ2v) is 8.94. The second-order valence-electron chi connectivity index (χ2n) is 7.00. The van der Waals surface area contributed by atoms with Crippen LogP contribution in [0.15, 0.2) is 90.9 Å². The molecular weight excluding hydrogens is 477 g/mol. The van der Waals surface area contributed by atoms with Crippen molar-refractivity contribution < 1.29 is 4.79 Å². The number of thioether (sulfide) groups is 1. The zero-order chi connectivity index (χ0) is 23.2. The fraction of sp³-hybridized carbons (Fsp3) is 0.0833. The second kappa shape index (κ2) is 10.7. The van der Waals surface area contributed by atoms with Crippen molar-refractivity contribution in [1.82, 2.24) is 19.7 Å². The Bertz CT molecular complexity index is 1240. The summed E-state index contributed by atoms with van der Waals surface area (Å²) in [5.41, 5.74) is 2.22. The van der Waals surface area contributed by atoms with Crippen molar-refractivity contribution in [3.8, 4) is 11.4 Å². The molecule has 9 heteroatoms. The molecule has 1 atom stereocenters. The number of hydrogen-bond acceptors (Lipinski definition) is 5. The van der Waals surface area contributed by atoms with Gasteiger partial charge in [-0.15, -0.1) is 16.8 Å². The number of carbonyl (C=O) groups excluding carboxylic acids is 1. The summed E-state index contributed by atoms with van der Waals surface area (Å²) < 4.78 is 1.92. The van der Waals surface area contributed by atoms with Crippen LogP contribution in [0.1, 0.15) is 10.8 Å². The zero-order valence-electron chi connectivity index (χ0n) is 17.4. The number of allylic oxidation sites excluding steroid dienone is 1. The molecule has 0 aliphatic rings. The SMILES string of the molecule is C=CCn1c(S[C@H](C(=O)Nc2cc(Cl)cc(Cl)c2)c2ccccc2)nnc1-c1ccncc1. The molecule has 0 aliphatic carbocycles. The van der Waals surface area contributed by atoms with Crippen molar-refractivity contribution in [3.63, 3.8) is 0 Å². The molecule has 2 heterocycles. The standard InChI is InChI=1S/C24H19Cl2N5OS/c1-2-12-31-22(17-8-10-27-11-9-17)29-30-24(31)33-21(16-6-4-3-5-7-16)23(32)28-20-14-18(25)13-19(26)15-20/h2-11,13-15,21H,1,12H2,(H,28,32)/t21-/m0/s1. The smallest absolute Gasteiger partial charge is 0.242 e. The quantitative estimate of drug-likeness (QED) is 0.229. The van der Waals surface area contributed by atoms with E-state index in [1.807, 2.05) is 47.0 Å². The summed E-state index contributed by atoms with van der Waals surface area (Å²) in [5.74, 6) is 0.441. The lowest BCUT2D eigenvalue weighted by atomic mass is 10.1. The highest BCUT2D eigenvalue weighted by atomic mass is 35.5. The maximum atomic E-state index is 13.4. The van der Waals surface area contributed by atoms with E-state index in [9.17, 15) is 4.79 Å². The number of halogens is 2. The summed E-state index contributed by atoms with van der Waals surface area (Å²) in [5, 5.41) is 12.5. The number of hydrogen-bond donors (Lipinski definition) is 1. The number of carbonyl (C=O) groups is 1. The third kappa shape index (κ3) is 5.63. The van der Waals surface area contributed by atoms with Crippen LogP contribution >= 0.6 is 35.0 Å². The van der Waals surface area contributed by atoms with Crippen molar-refractivity contribution in [3.05, 3.63) is 101 Å². The summed E-state index contributed by atoms with van der Waals surface area (Å²) in [6.45, 7) is 4.34. The summed E-state index contributed by atoms with van der Waals surface area (Å²) in [6, 6.07) is 18.1. The molecule has 33 heavy (non-hydrogen) atoms. The van der Waals surface area contributed by atoms with Crippen LogP contribution in [0.5, 0.6) is 0 Å². The molecule has 0 unspecified atom stereocenters. The number of anilines is 1. The van der Waals surface area contributed by atoms with Crippen molar-refractivity contribution in [2.24, 2.45) is 0 Å². The van der Waals surface area contributed by atoms with Gasteiger partial charge in [-0.25, -0.2) is 0 Å². The number of benzene rings is 2. The Morgan fingerprint density at radius 2 is 1.76 bits per heavy atom. The molecule has 4 rings (SSSR count). The van der Waals surface area contributed by atoms with E-state index in [1.165, 1.54) is 11.8 Å². The first-order valence-electron chi connectivity index (χ1n) is 9.98. The Balaban J connectivity index is 1.68. The normalized spacial score (nSPS) is 11.7. The Hall–Kier alpha value is -3.13. The van der Waals surface area contributed by atoms with Crippen LogP contribution in [0.4, 0.5) is 5.69 Å². The first kappa shape index (κ1) is 23.0. The first-order valence-corrected chi connectivity index (χ1v) is 11.6. The topological polar surface area (TPSA) is 72.7 Å². The molecular formula is C24H19Cl2N5OS. The molecule has 0 bridgehead atoms. The van der Waals surface area contributed by atoms with Crippen LogP contribution in [-0.2, 0) is 11.3 Å². The Labute approximate surface area is 205 Å². The monoisotopic (exact) mass is 495 g/mol. The molecule has 1 N–H and O–H groups in total. The minimum absolute atomic E-state index is 0.233. The Kier molecular flexibility index (Phi) is 7.44. The molecule has 0 spiro atoms. The summed E-state index contributed by atoms with van der Waals surface area (Å²) in [7, 11) is 0. The van der Waals surface area contributed by atoms with Gasteiger partial charge in [-0.1, -0.05) is 71.4 Å². The number of amides is 1. The maximum absolute atomic E-state index is 13.4. The van der Waals surface area contributed by atoms with Gasteiger partial charge >= 0.3 is 0 Å². The lowest BCUT2D eigenvalue weighted by molar-refractivity contribution is -0.115. The van der Waals surface area contributed by atoms with Gasteiger partial charge in [0.05, 0.1) is 0 Å². The molecule has 2 aromatic carbocycles. The van der Waals surface area contributed by atoms with Crippen LogP contribution in [0.25, 0.3) is 11.4 Å². The molecule has 0 aliphatic heterocycles. The van der Waals surface area contributed by atoms with Crippen LogP contribution in [0.3, 0.4) is 0 Å². The van der Waals surface area contributed by atoms with Crippen molar-refractivity contribution >= 4 is 46.6 Å². The number of aromatic nitrogens is 4. The van der Waals surface area contributed by atoms with Crippen LogP contribution in [0, 0.1) is 0 Å². The van der Waals surface area contributed by atoms with E-state index >= 15 is 0 Å². The van der Waals surface area contributed by atoms with Crippen molar-refractivity contribution in [2.75, 3.05) is 5.32 Å². The largest absolute Gasteiger partial charge is 0.325 e. The molecule has 0 radical (unpaired) electrons. The maximum Gasteiger partial charge on any atom is 0.242 e. The number of pyridine rings is 1. The van der Waals surface area contributed by atoms with E-state index in [2.05, 4.69) is 27.1 Å². The number of rotatable bonds is 8. The molecule has 0 saturated carbocycles. The Morgan fingerprint density at radius 1 is 1.06 bits per heavy atom. The Morgan fingerprint density at radius 3 is 2.42 bits per heavy atom. The molecule has 0 fully saturated rings. The van der Waals surface area contributed by atoms with Crippen LogP contribution in [-0.4, -0.2) is 25.7 Å². The third-order valence-electron chi connectivity index (χ3n) is 4.66. The van der Waals surface area contributed by atoms with Gasteiger partial charge in [0.25, 0.3) is 0 Å². The van der Waals surface area contributed by atoms with E-state index in [0.717, 1.165) is 11.1 Å². The predicted octanol–water partition coefficient (Wildman–Crippen LogP) is 6.31. The number of nitrogens with one attached hydrogen (secondary N) is 1. The van der Waals surface area contributed by atoms with Gasteiger partial charge in [0.15, 0.2) is 11.0 Å². The van der Waals surface area contributed by atoms with Crippen LogP contribution < -0.4 is 5.32 Å². The molecule has 4 aromatic rings. The summed E-state index contributed by atoms with van der Waals surface area (Å²) in [4.78, 5) is 17.4. The average Bonchev–Trinajstić information content (AvgIpc) is 3.20. The van der Waals surface area contributed by atoms with E-state index in [1.54, 1.807) is 36.7 Å². The highest BCUT2D eigenvalue weighted by molar-refractivity contribution is 8.00. The minimum atomic E-state index is -0.595. The van der Waals surface area contributed by atoms with Gasteiger partial charge in [-0.3, -0.25) is 14.3 Å². The highest BCUT2D eigenvalue weighted by Crippen LogP contribution is 2.37. The summed E-state index contributed by atoms with van der Waals surface area (Å²) >= 11 is 13.5. The van der Waals surface area contributed by atoms with E-state index in [4.69, 9.17) is 23.2 Å². The van der Waals surface area contributed by atoms with Gasteiger partial charge in [0.1, 0.15) is 5.25 Å². The first-order chi connectivity index (χ1) is 16.0. The minimum Gasteiger partial charge on any atom is -0.325 e. The summed E-state index contributed by atoms with van der Waals surface area (Å²) in [6.07, 6.45) is 5.17. The van der Waals surface area contributed by atoms with E-state index in [0.29, 0.717) is 33.3 Å². The fourth-order valence-corrected chi connectivity index (χ4v) is 4.80. The van der Waals surface area contributed by atoms with Gasteiger partial charge in [-0.2, -0.15) is 0 Å². The average molecular weight is 496 g/mol. The lowest BCUT2D eigenvalue weighted by Gasteiger charge is -2.17.